The molecule has 1 aliphatic rings. The number of rotatable bonds is 5. The standard InChI is InChI=1S/C12H20ClN3O2S/c1-3-16-8-11(14-10(16)2)19(17,18)15-12(9-13)6-4-5-7-12/h8,15H,3-7,9H2,1-2H3. The molecule has 0 spiro atoms. The van der Waals surface area contributed by atoms with Gasteiger partial charge in [-0.25, -0.2) is 18.1 Å². The van der Waals surface area contributed by atoms with Gasteiger partial charge in [0.15, 0.2) is 5.03 Å². The van der Waals surface area contributed by atoms with E-state index in [0.29, 0.717) is 18.2 Å². The number of nitrogens with zero attached hydrogens (tertiary/aromatic N) is 2. The summed E-state index contributed by atoms with van der Waals surface area (Å²) in [5.74, 6) is 1.01. The van der Waals surface area contributed by atoms with Crippen LogP contribution in [0.25, 0.3) is 0 Å². The lowest BCUT2D eigenvalue weighted by atomic mass is 10.0. The quantitative estimate of drug-likeness (QED) is 0.847. The first-order chi connectivity index (χ1) is 8.92. The van der Waals surface area contributed by atoms with E-state index in [1.54, 1.807) is 13.1 Å². The fourth-order valence-corrected chi connectivity index (χ4v) is 4.46. The first-order valence-electron chi connectivity index (χ1n) is 6.56. The van der Waals surface area contributed by atoms with Crippen LogP contribution in [0.3, 0.4) is 0 Å². The monoisotopic (exact) mass is 305 g/mol. The summed E-state index contributed by atoms with van der Waals surface area (Å²) in [6, 6.07) is 0. The molecule has 0 bridgehead atoms. The Morgan fingerprint density at radius 2 is 2.11 bits per heavy atom. The minimum Gasteiger partial charge on any atom is -0.334 e. The number of hydrogen-bond acceptors (Lipinski definition) is 3. The van der Waals surface area contributed by atoms with Crippen LogP contribution in [-0.4, -0.2) is 29.4 Å². The Kier molecular flexibility index (Phi) is 4.23. The van der Waals surface area contributed by atoms with E-state index in [2.05, 4.69) is 9.71 Å². The molecule has 1 fully saturated rings. The minimum absolute atomic E-state index is 0.0863. The topological polar surface area (TPSA) is 64.0 Å². The third-order valence-electron chi connectivity index (χ3n) is 3.74. The molecule has 7 heteroatoms. The summed E-state index contributed by atoms with van der Waals surface area (Å²) in [6.45, 7) is 4.46. The van der Waals surface area contributed by atoms with Gasteiger partial charge in [-0.05, 0) is 26.7 Å². The number of halogens is 1. The molecule has 0 atom stereocenters. The molecule has 1 N–H and O–H groups in total. The third kappa shape index (κ3) is 2.95. The second kappa shape index (κ2) is 5.42. The number of nitrogens with one attached hydrogen (secondary N) is 1. The van der Waals surface area contributed by atoms with E-state index >= 15 is 0 Å². The van der Waals surface area contributed by atoms with Gasteiger partial charge < -0.3 is 4.57 Å². The van der Waals surface area contributed by atoms with Gasteiger partial charge in [0, 0.05) is 24.2 Å². The van der Waals surface area contributed by atoms with Crippen molar-refractivity contribution in [2.45, 2.75) is 56.6 Å². The van der Waals surface area contributed by atoms with E-state index in [-0.39, 0.29) is 5.03 Å². The first kappa shape index (κ1) is 14.8. The summed E-state index contributed by atoms with van der Waals surface area (Å²) in [6.07, 6.45) is 5.19. The molecule has 0 aliphatic heterocycles. The van der Waals surface area contributed by atoms with E-state index in [0.717, 1.165) is 25.7 Å². The molecule has 0 saturated heterocycles. The van der Waals surface area contributed by atoms with E-state index in [1.165, 1.54) is 0 Å². The van der Waals surface area contributed by atoms with Crippen LogP contribution < -0.4 is 4.72 Å². The largest absolute Gasteiger partial charge is 0.334 e. The highest BCUT2D eigenvalue weighted by Crippen LogP contribution is 2.32. The first-order valence-corrected chi connectivity index (χ1v) is 8.58. The predicted octanol–water partition coefficient (Wildman–Crippen LogP) is 2.04. The van der Waals surface area contributed by atoms with Crippen molar-refractivity contribution in [3.05, 3.63) is 12.0 Å². The van der Waals surface area contributed by atoms with Gasteiger partial charge in [0.05, 0.1) is 0 Å². The van der Waals surface area contributed by atoms with Gasteiger partial charge in [0.2, 0.25) is 0 Å². The number of alkyl halides is 1. The lowest BCUT2D eigenvalue weighted by Gasteiger charge is -2.26. The maximum absolute atomic E-state index is 12.4. The summed E-state index contributed by atoms with van der Waals surface area (Å²) in [5, 5.41) is 0.0863. The van der Waals surface area contributed by atoms with Crippen LogP contribution in [-0.2, 0) is 16.6 Å². The summed E-state index contributed by atoms with van der Waals surface area (Å²) < 4.78 is 29.4. The molecule has 0 amide bonds. The van der Waals surface area contributed by atoms with Gasteiger partial charge >= 0.3 is 0 Å². The second-order valence-electron chi connectivity index (χ2n) is 5.14. The fraction of sp³-hybridized carbons (Fsp3) is 0.750. The third-order valence-corrected chi connectivity index (χ3v) is 5.70. The zero-order valence-corrected chi connectivity index (χ0v) is 12.9. The molecule has 0 aromatic carbocycles. The van der Waals surface area contributed by atoms with Gasteiger partial charge in [-0.2, -0.15) is 0 Å². The molecule has 1 aliphatic carbocycles. The molecule has 1 aromatic rings. The Labute approximate surface area is 119 Å². The smallest absolute Gasteiger partial charge is 0.260 e. The van der Waals surface area contributed by atoms with E-state index < -0.39 is 15.6 Å². The predicted molar refractivity (Wildman–Crippen MR) is 74.9 cm³/mol. The molecule has 19 heavy (non-hydrogen) atoms. The zero-order chi connectivity index (χ0) is 14.1. The molecular formula is C12H20ClN3O2S. The van der Waals surface area contributed by atoms with Crippen molar-refractivity contribution in [3.8, 4) is 0 Å². The Morgan fingerprint density at radius 1 is 1.47 bits per heavy atom. The van der Waals surface area contributed by atoms with Gasteiger partial charge in [0.1, 0.15) is 5.82 Å². The molecule has 108 valence electrons. The normalized spacial score (nSPS) is 18.9. The fourth-order valence-electron chi connectivity index (χ4n) is 2.58. The Balaban J connectivity index is 2.26. The van der Waals surface area contributed by atoms with E-state index in [9.17, 15) is 8.42 Å². The highest BCUT2D eigenvalue weighted by Gasteiger charge is 2.38. The van der Waals surface area contributed by atoms with Crippen molar-refractivity contribution >= 4 is 21.6 Å². The van der Waals surface area contributed by atoms with Crippen molar-refractivity contribution in [1.29, 1.82) is 0 Å². The maximum Gasteiger partial charge on any atom is 0.260 e. The number of imidazole rings is 1. The molecule has 0 unspecified atom stereocenters. The molecule has 0 radical (unpaired) electrons. The summed E-state index contributed by atoms with van der Waals surface area (Å²) >= 11 is 5.97. The van der Waals surface area contributed by atoms with Gasteiger partial charge in [0.25, 0.3) is 10.0 Å². The van der Waals surface area contributed by atoms with Crippen molar-refractivity contribution in [1.82, 2.24) is 14.3 Å². The maximum atomic E-state index is 12.4. The van der Waals surface area contributed by atoms with Gasteiger partial charge in [-0.15, -0.1) is 11.6 Å². The average molecular weight is 306 g/mol. The van der Waals surface area contributed by atoms with Crippen LogP contribution in [0.15, 0.2) is 11.2 Å². The molecular weight excluding hydrogens is 286 g/mol. The van der Waals surface area contributed by atoms with Crippen molar-refractivity contribution < 1.29 is 8.42 Å². The summed E-state index contributed by atoms with van der Waals surface area (Å²) in [5.41, 5.74) is -0.496. The number of hydrogen-bond donors (Lipinski definition) is 1. The highest BCUT2D eigenvalue weighted by molar-refractivity contribution is 7.89. The van der Waals surface area contributed by atoms with Crippen LogP contribution in [0.2, 0.25) is 0 Å². The van der Waals surface area contributed by atoms with E-state index in [4.69, 9.17) is 11.6 Å². The van der Waals surface area contributed by atoms with Crippen LogP contribution in [0.1, 0.15) is 38.4 Å². The Bertz CT molecular complexity index is 547. The van der Waals surface area contributed by atoms with E-state index in [1.807, 2.05) is 11.5 Å². The zero-order valence-electron chi connectivity index (χ0n) is 11.3. The second-order valence-corrected chi connectivity index (χ2v) is 7.04. The SMILES string of the molecule is CCn1cc(S(=O)(=O)NC2(CCl)CCCC2)nc1C. The number of sulfonamides is 1. The molecule has 1 aromatic heterocycles. The van der Waals surface area contributed by atoms with Crippen molar-refractivity contribution in [3.63, 3.8) is 0 Å². The van der Waals surface area contributed by atoms with Gasteiger partial charge in [-0.3, -0.25) is 0 Å². The molecule has 1 saturated carbocycles. The summed E-state index contributed by atoms with van der Waals surface area (Å²) in [7, 11) is -3.59. The van der Waals surface area contributed by atoms with Crippen LogP contribution in [0.5, 0.6) is 0 Å². The molecule has 5 nitrogen and oxygen atoms in total. The van der Waals surface area contributed by atoms with Crippen molar-refractivity contribution in [2.75, 3.05) is 5.88 Å². The number of aryl methyl sites for hydroxylation is 2. The molecule has 1 heterocycles. The molecule has 2 rings (SSSR count). The van der Waals surface area contributed by atoms with Crippen molar-refractivity contribution in [2.24, 2.45) is 0 Å². The highest BCUT2D eigenvalue weighted by atomic mass is 35.5. The van der Waals surface area contributed by atoms with Crippen LogP contribution >= 0.6 is 11.6 Å². The van der Waals surface area contributed by atoms with Crippen LogP contribution in [0, 0.1) is 6.92 Å². The Hall–Kier alpha value is -0.590. The Morgan fingerprint density at radius 3 is 2.58 bits per heavy atom. The van der Waals surface area contributed by atoms with Gasteiger partial charge in [-0.1, -0.05) is 12.8 Å². The lowest BCUT2D eigenvalue weighted by molar-refractivity contribution is 0.432. The van der Waals surface area contributed by atoms with Crippen LogP contribution in [0.4, 0.5) is 0 Å². The lowest BCUT2D eigenvalue weighted by Crippen LogP contribution is -2.47. The number of aromatic nitrogens is 2. The minimum atomic E-state index is -3.59. The average Bonchev–Trinajstić information content (AvgIpc) is 2.96. The summed E-state index contributed by atoms with van der Waals surface area (Å²) in [4.78, 5) is 4.13.